The average molecular weight is 224 g/mol. The lowest BCUT2D eigenvalue weighted by Crippen LogP contribution is -2.34. The fourth-order valence-corrected chi connectivity index (χ4v) is 1.69. The van der Waals surface area contributed by atoms with Crippen molar-refractivity contribution >= 4 is 5.91 Å². The second kappa shape index (κ2) is 5.07. The van der Waals surface area contributed by atoms with Crippen LogP contribution in [0.4, 0.5) is 0 Å². The van der Waals surface area contributed by atoms with Gasteiger partial charge in [0.25, 0.3) is 0 Å². The van der Waals surface area contributed by atoms with Crippen molar-refractivity contribution in [3.05, 3.63) is 11.9 Å². The summed E-state index contributed by atoms with van der Waals surface area (Å²) in [6.45, 7) is 3.49. The largest absolute Gasteiger partial charge is 0.376 e. The van der Waals surface area contributed by atoms with E-state index in [9.17, 15) is 4.79 Å². The van der Waals surface area contributed by atoms with Crippen LogP contribution in [0.25, 0.3) is 0 Å². The normalized spacial score (nSPS) is 19.9. The van der Waals surface area contributed by atoms with E-state index in [-0.39, 0.29) is 18.6 Å². The Hall–Kier alpha value is -1.43. The molecule has 1 aliphatic heterocycles. The van der Waals surface area contributed by atoms with E-state index in [0.29, 0.717) is 6.54 Å². The lowest BCUT2D eigenvalue weighted by molar-refractivity contribution is -0.122. The van der Waals surface area contributed by atoms with E-state index in [1.807, 2.05) is 6.92 Å². The minimum Gasteiger partial charge on any atom is -0.376 e. The Labute approximate surface area is 94.0 Å². The number of carbonyl (C=O) groups excluding carboxylic acids is 1. The number of carbonyl (C=O) groups is 1. The van der Waals surface area contributed by atoms with E-state index in [4.69, 9.17) is 4.74 Å². The number of ether oxygens (including phenoxy) is 1. The van der Waals surface area contributed by atoms with Crippen molar-refractivity contribution in [1.82, 2.24) is 20.3 Å². The summed E-state index contributed by atoms with van der Waals surface area (Å²) in [5.74, 6) is -0.0518. The number of rotatable bonds is 4. The number of nitrogens with one attached hydrogen (secondary N) is 1. The van der Waals surface area contributed by atoms with Crippen LogP contribution in [-0.2, 0) is 16.1 Å². The van der Waals surface area contributed by atoms with Gasteiger partial charge in [0, 0.05) is 13.2 Å². The first kappa shape index (κ1) is 11.1. The molecule has 1 aromatic rings. The fraction of sp³-hybridized carbons (Fsp3) is 0.700. The molecule has 0 bridgehead atoms. The van der Waals surface area contributed by atoms with Gasteiger partial charge in [0.1, 0.15) is 6.54 Å². The quantitative estimate of drug-likeness (QED) is 0.774. The molecule has 1 N–H and O–H groups in total. The standard InChI is InChI=1S/C10H16N4O2/c1-8-5-12-13-14(8)7-10(15)11-6-9-3-2-4-16-9/h5,9H,2-4,6-7H2,1H3,(H,11,15). The van der Waals surface area contributed by atoms with Gasteiger partial charge in [-0.3, -0.25) is 4.79 Å². The highest BCUT2D eigenvalue weighted by Gasteiger charge is 2.16. The van der Waals surface area contributed by atoms with Crippen molar-refractivity contribution in [3.8, 4) is 0 Å². The summed E-state index contributed by atoms with van der Waals surface area (Å²) in [6.07, 6.45) is 3.93. The Morgan fingerprint density at radius 2 is 2.62 bits per heavy atom. The number of aryl methyl sites for hydroxylation is 1. The van der Waals surface area contributed by atoms with Gasteiger partial charge in [-0.2, -0.15) is 0 Å². The van der Waals surface area contributed by atoms with E-state index in [1.54, 1.807) is 10.9 Å². The van der Waals surface area contributed by atoms with Gasteiger partial charge in [0.15, 0.2) is 0 Å². The minimum absolute atomic E-state index is 0.0518. The smallest absolute Gasteiger partial charge is 0.241 e. The van der Waals surface area contributed by atoms with Crippen molar-refractivity contribution in [3.63, 3.8) is 0 Å². The van der Waals surface area contributed by atoms with Crippen LogP contribution in [-0.4, -0.2) is 40.2 Å². The molecule has 1 unspecified atom stereocenters. The van der Waals surface area contributed by atoms with Crippen LogP contribution in [0.15, 0.2) is 6.20 Å². The fourth-order valence-electron chi connectivity index (χ4n) is 1.69. The highest BCUT2D eigenvalue weighted by atomic mass is 16.5. The van der Waals surface area contributed by atoms with Gasteiger partial charge in [0.2, 0.25) is 5.91 Å². The molecule has 0 aliphatic carbocycles. The maximum atomic E-state index is 11.6. The highest BCUT2D eigenvalue weighted by molar-refractivity contribution is 5.75. The number of aromatic nitrogens is 3. The third-order valence-corrected chi connectivity index (χ3v) is 2.66. The molecular weight excluding hydrogens is 208 g/mol. The molecule has 0 saturated carbocycles. The highest BCUT2D eigenvalue weighted by Crippen LogP contribution is 2.10. The van der Waals surface area contributed by atoms with Crippen LogP contribution in [0.2, 0.25) is 0 Å². The molecule has 1 saturated heterocycles. The second-order valence-electron chi connectivity index (χ2n) is 3.97. The van der Waals surface area contributed by atoms with Crippen molar-refractivity contribution in [1.29, 1.82) is 0 Å². The summed E-state index contributed by atoms with van der Waals surface area (Å²) in [4.78, 5) is 11.6. The molecule has 6 heteroatoms. The van der Waals surface area contributed by atoms with Gasteiger partial charge in [-0.1, -0.05) is 5.21 Å². The Bertz CT molecular complexity index is 357. The Morgan fingerprint density at radius 3 is 3.25 bits per heavy atom. The van der Waals surface area contributed by atoms with Crippen molar-refractivity contribution in [2.75, 3.05) is 13.2 Å². The van der Waals surface area contributed by atoms with E-state index < -0.39 is 0 Å². The zero-order chi connectivity index (χ0) is 11.4. The molecule has 1 amide bonds. The molecule has 88 valence electrons. The molecule has 1 atom stereocenters. The molecule has 1 fully saturated rings. The van der Waals surface area contributed by atoms with Crippen molar-refractivity contribution < 1.29 is 9.53 Å². The van der Waals surface area contributed by atoms with Crippen LogP contribution in [0.3, 0.4) is 0 Å². The monoisotopic (exact) mass is 224 g/mol. The summed E-state index contributed by atoms with van der Waals surface area (Å²) < 4.78 is 6.99. The molecule has 0 spiro atoms. The van der Waals surface area contributed by atoms with E-state index in [0.717, 1.165) is 25.1 Å². The first-order valence-corrected chi connectivity index (χ1v) is 5.49. The van der Waals surface area contributed by atoms with E-state index in [2.05, 4.69) is 15.6 Å². The van der Waals surface area contributed by atoms with E-state index in [1.165, 1.54) is 0 Å². The van der Waals surface area contributed by atoms with Gasteiger partial charge >= 0.3 is 0 Å². The lowest BCUT2D eigenvalue weighted by atomic mass is 10.2. The second-order valence-corrected chi connectivity index (χ2v) is 3.97. The predicted octanol–water partition coefficient (Wildman–Crippen LogP) is -0.118. The topological polar surface area (TPSA) is 69.0 Å². The third kappa shape index (κ3) is 2.79. The van der Waals surface area contributed by atoms with Crippen molar-refractivity contribution in [2.24, 2.45) is 0 Å². The Balaban J connectivity index is 1.74. The zero-order valence-corrected chi connectivity index (χ0v) is 9.35. The maximum Gasteiger partial charge on any atom is 0.241 e. The van der Waals surface area contributed by atoms with Crippen LogP contribution >= 0.6 is 0 Å². The molecule has 1 aromatic heterocycles. The number of hydrogen-bond acceptors (Lipinski definition) is 4. The van der Waals surface area contributed by atoms with Gasteiger partial charge in [-0.25, -0.2) is 4.68 Å². The van der Waals surface area contributed by atoms with Crippen LogP contribution in [0.5, 0.6) is 0 Å². The number of nitrogens with zero attached hydrogens (tertiary/aromatic N) is 3. The first-order chi connectivity index (χ1) is 7.75. The lowest BCUT2D eigenvalue weighted by Gasteiger charge is -2.10. The molecule has 2 rings (SSSR count). The first-order valence-electron chi connectivity index (χ1n) is 5.49. The number of hydrogen-bond donors (Lipinski definition) is 1. The molecule has 2 heterocycles. The molecule has 0 radical (unpaired) electrons. The summed E-state index contributed by atoms with van der Waals surface area (Å²) in [5, 5.41) is 10.4. The SMILES string of the molecule is Cc1cnnn1CC(=O)NCC1CCCO1. The molecular formula is C10H16N4O2. The maximum absolute atomic E-state index is 11.6. The molecule has 1 aliphatic rings. The van der Waals surface area contributed by atoms with Gasteiger partial charge < -0.3 is 10.1 Å². The van der Waals surface area contributed by atoms with E-state index >= 15 is 0 Å². The summed E-state index contributed by atoms with van der Waals surface area (Å²) in [7, 11) is 0. The zero-order valence-electron chi connectivity index (χ0n) is 9.35. The number of amides is 1. The minimum atomic E-state index is -0.0518. The summed E-state index contributed by atoms with van der Waals surface area (Å²) in [5.41, 5.74) is 0.882. The molecule has 0 aromatic carbocycles. The van der Waals surface area contributed by atoms with Crippen LogP contribution in [0, 0.1) is 6.92 Å². The average Bonchev–Trinajstić information content (AvgIpc) is 2.88. The van der Waals surface area contributed by atoms with Crippen molar-refractivity contribution in [2.45, 2.75) is 32.4 Å². The molecule has 16 heavy (non-hydrogen) atoms. The Kier molecular flexibility index (Phi) is 3.51. The summed E-state index contributed by atoms with van der Waals surface area (Å²) >= 11 is 0. The third-order valence-electron chi connectivity index (χ3n) is 2.66. The van der Waals surface area contributed by atoms with Gasteiger partial charge in [-0.15, -0.1) is 5.10 Å². The van der Waals surface area contributed by atoms with Gasteiger partial charge in [-0.05, 0) is 19.8 Å². The Morgan fingerprint density at radius 1 is 1.75 bits per heavy atom. The van der Waals surface area contributed by atoms with Crippen LogP contribution in [0.1, 0.15) is 18.5 Å². The van der Waals surface area contributed by atoms with Gasteiger partial charge in [0.05, 0.1) is 18.0 Å². The predicted molar refractivity (Wildman–Crippen MR) is 56.7 cm³/mol. The molecule has 6 nitrogen and oxygen atoms in total. The summed E-state index contributed by atoms with van der Waals surface area (Å²) in [6, 6.07) is 0. The van der Waals surface area contributed by atoms with Crippen LogP contribution < -0.4 is 5.32 Å².